The van der Waals surface area contributed by atoms with Crippen LogP contribution in [0, 0.1) is 5.92 Å². The topological polar surface area (TPSA) is 12.5 Å². The van der Waals surface area contributed by atoms with Gasteiger partial charge in [0.2, 0.25) is 0 Å². The minimum atomic E-state index is -1.24. The predicted octanol–water partition coefficient (Wildman–Crippen LogP) is 5.98. The fourth-order valence-electron chi connectivity index (χ4n) is 3.47. The van der Waals surface area contributed by atoms with Crippen molar-refractivity contribution in [2.24, 2.45) is 5.92 Å². The third-order valence-corrected chi connectivity index (χ3v) is 12.3. The van der Waals surface area contributed by atoms with Gasteiger partial charge in [0.1, 0.15) is 16.5 Å². The minimum absolute atomic E-state index is 0.744. The van der Waals surface area contributed by atoms with E-state index in [9.17, 15) is 0 Å². The van der Waals surface area contributed by atoms with Gasteiger partial charge in [0, 0.05) is 6.61 Å². The second kappa shape index (κ2) is 9.90. The van der Waals surface area contributed by atoms with Gasteiger partial charge in [-0.1, -0.05) is 83.0 Å². The van der Waals surface area contributed by atoms with Crippen LogP contribution >= 0.6 is 0 Å². The van der Waals surface area contributed by atoms with E-state index in [0.29, 0.717) is 0 Å². The molecule has 1 unspecified atom stereocenters. The summed E-state index contributed by atoms with van der Waals surface area (Å²) in [5.41, 5.74) is 1.27. The number of hydrogen-bond donors (Lipinski definition) is 0. The molecule has 0 radical (unpaired) electrons. The maximum atomic E-state index is 5.86. The summed E-state index contributed by atoms with van der Waals surface area (Å²) in [7, 11) is -2.47. The first kappa shape index (κ1) is 21.6. The Morgan fingerprint density at radius 2 is 1.54 bits per heavy atom. The lowest BCUT2D eigenvalue weighted by Crippen LogP contribution is -2.60. The summed E-state index contributed by atoms with van der Waals surface area (Å²) in [6.07, 6.45) is 3.75. The van der Waals surface area contributed by atoms with Gasteiger partial charge < -0.3 is 8.97 Å². The first-order valence-corrected chi connectivity index (χ1v) is 16.4. The first-order valence-electron chi connectivity index (χ1n) is 9.54. The van der Waals surface area contributed by atoms with E-state index >= 15 is 0 Å². The van der Waals surface area contributed by atoms with Gasteiger partial charge in [-0.05, 0) is 30.9 Å². The van der Waals surface area contributed by atoms with Gasteiger partial charge in [-0.2, -0.15) is 0 Å². The summed E-state index contributed by atoms with van der Waals surface area (Å²) in [5, 5.41) is 0. The first-order chi connectivity index (χ1) is 11.1. The number of ether oxygens (including phenoxy) is 1. The quantitative estimate of drug-likeness (QED) is 0.353. The van der Waals surface area contributed by atoms with Gasteiger partial charge in [-0.15, -0.1) is 0 Å². The molecule has 1 aromatic carbocycles. The highest BCUT2D eigenvalue weighted by atomic mass is 28.4. The largest absolute Gasteiger partial charge is 0.377 e. The molecule has 0 aromatic heterocycles. The van der Waals surface area contributed by atoms with Crippen LogP contribution in [0.5, 0.6) is 0 Å². The Labute approximate surface area is 152 Å². The second-order valence-electron chi connectivity index (χ2n) is 8.91. The molecule has 0 amide bonds. The van der Waals surface area contributed by atoms with Crippen LogP contribution in [0.4, 0.5) is 0 Å². The zero-order chi connectivity index (χ0) is 18.2. The number of rotatable bonds is 11. The van der Waals surface area contributed by atoms with Crippen molar-refractivity contribution in [2.75, 3.05) is 13.2 Å². The number of hydrogen-bond acceptors (Lipinski definition) is 2. The van der Waals surface area contributed by atoms with Gasteiger partial charge in [0.15, 0.2) is 0 Å². The van der Waals surface area contributed by atoms with Crippen LogP contribution < -0.4 is 0 Å². The zero-order valence-corrected chi connectivity index (χ0v) is 19.1. The molecule has 0 fully saturated rings. The van der Waals surface area contributed by atoms with E-state index in [1.807, 2.05) is 0 Å². The Morgan fingerprint density at radius 1 is 0.958 bits per heavy atom. The van der Waals surface area contributed by atoms with Crippen LogP contribution in [0.1, 0.15) is 31.7 Å². The summed E-state index contributed by atoms with van der Waals surface area (Å²) < 4.78 is 8.79. The lowest BCUT2D eigenvalue weighted by atomic mass is 10.0. The fraction of sp³-hybridized carbons (Fsp3) is 0.700. The summed E-state index contributed by atoms with van der Waals surface area (Å²) in [6, 6.07) is 10.5. The Morgan fingerprint density at radius 3 is 2.04 bits per heavy atom. The monoisotopic (exact) mass is 365 g/mol. The molecular weight excluding hydrogens is 326 g/mol. The van der Waals surface area contributed by atoms with E-state index < -0.39 is 16.5 Å². The molecule has 1 aromatic rings. The van der Waals surface area contributed by atoms with Crippen LogP contribution in [0.3, 0.4) is 0 Å². The van der Waals surface area contributed by atoms with Crippen LogP contribution in [-0.4, -0.2) is 33.9 Å². The molecule has 4 heteroatoms. The highest BCUT2D eigenvalue weighted by molar-refractivity contribution is 6.89. The van der Waals surface area contributed by atoms with Gasteiger partial charge in [-0.25, -0.2) is 0 Å². The predicted molar refractivity (Wildman–Crippen MR) is 113 cm³/mol. The smallest absolute Gasteiger partial charge is 0.112 e. The van der Waals surface area contributed by atoms with E-state index in [2.05, 4.69) is 80.8 Å². The van der Waals surface area contributed by atoms with Gasteiger partial charge in [0.25, 0.3) is 0 Å². The Bertz CT molecular complexity index is 437. The molecule has 2 nitrogen and oxygen atoms in total. The third kappa shape index (κ3) is 8.10. The van der Waals surface area contributed by atoms with Crippen molar-refractivity contribution >= 4 is 16.5 Å². The van der Waals surface area contributed by atoms with Crippen molar-refractivity contribution in [3.63, 3.8) is 0 Å². The lowest BCUT2D eigenvalue weighted by molar-refractivity contribution is 0.113. The Hall–Kier alpha value is -0.426. The fourth-order valence-corrected chi connectivity index (χ4v) is 13.1. The van der Waals surface area contributed by atoms with Crippen molar-refractivity contribution in [1.29, 1.82) is 0 Å². The molecule has 0 spiro atoms. The molecule has 1 rings (SSSR count). The molecule has 24 heavy (non-hydrogen) atoms. The van der Waals surface area contributed by atoms with E-state index in [0.717, 1.165) is 19.1 Å². The van der Waals surface area contributed by atoms with Crippen molar-refractivity contribution in [2.45, 2.75) is 72.1 Å². The Balaban J connectivity index is 2.38. The zero-order valence-electron chi connectivity index (χ0n) is 17.1. The van der Waals surface area contributed by atoms with Crippen molar-refractivity contribution < 1.29 is 4.74 Å². The molecule has 1 atom stereocenters. The Kier molecular flexibility index (Phi) is 8.92. The minimum Gasteiger partial charge on any atom is -0.377 e. The molecule has 0 aliphatic carbocycles. The van der Waals surface area contributed by atoms with Gasteiger partial charge in [-0.3, -0.25) is 0 Å². The number of nitrogens with zero attached hydrogens (tertiary/aromatic N) is 1. The van der Waals surface area contributed by atoms with Gasteiger partial charge >= 0.3 is 0 Å². The molecular formula is C20H39NOSi2. The van der Waals surface area contributed by atoms with Crippen molar-refractivity contribution in [3.05, 3.63) is 35.9 Å². The normalized spacial score (nSPS) is 14.2. The molecule has 138 valence electrons. The summed E-state index contributed by atoms with van der Waals surface area (Å²) in [5.74, 6) is 0.809. The van der Waals surface area contributed by atoms with E-state index in [-0.39, 0.29) is 0 Å². The van der Waals surface area contributed by atoms with Gasteiger partial charge in [0.05, 0.1) is 6.61 Å². The highest BCUT2D eigenvalue weighted by Gasteiger charge is 2.35. The molecule has 0 heterocycles. The maximum absolute atomic E-state index is 5.86. The van der Waals surface area contributed by atoms with Crippen LogP contribution in [-0.2, 0) is 11.3 Å². The van der Waals surface area contributed by atoms with E-state index in [4.69, 9.17) is 4.74 Å². The van der Waals surface area contributed by atoms with E-state index in [1.165, 1.54) is 31.4 Å². The van der Waals surface area contributed by atoms with Crippen molar-refractivity contribution in [3.8, 4) is 0 Å². The molecule has 0 aliphatic rings. The maximum Gasteiger partial charge on any atom is 0.112 e. The third-order valence-electron chi connectivity index (χ3n) is 4.65. The average Bonchev–Trinajstić information content (AvgIpc) is 2.48. The number of benzene rings is 1. The summed E-state index contributed by atoms with van der Waals surface area (Å²) in [6.45, 7) is 20.3. The van der Waals surface area contributed by atoms with Crippen LogP contribution in [0.25, 0.3) is 0 Å². The molecule has 0 bridgehead atoms. The summed E-state index contributed by atoms with van der Waals surface area (Å²) >= 11 is 0. The molecule has 0 N–H and O–H groups in total. The SMILES string of the molecule is CCC(CCCOCc1ccccc1)CN([Si](C)(C)C)[Si](C)(C)C. The van der Waals surface area contributed by atoms with Crippen LogP contribution in [0.2, 0.25) is 39.3 Å². The molecule has 0 saturated carbocycles. The summed E-state index contributed by atoms with van der Waals surface area (Å²) in [4.78, 5) is 0. The average molecular weight is 366 g/mol. The van der Waals surface area contributed by atoms with E-state index in [1.54, 1.807) is 0 Å². The highest BCUT2D eigenvalue weighted by Crippen LogP contribution is 2.24. The molecule has 0 aliphatic heterocycles. The molecule has 0 saturated heterocycles. The van der Waals surface area contributed by atoms with Crippen molar-refractivity contribution in [1.82, 2.24) is 4.23 Å². The second-order valence-corrected chi connectivity index (χ2v) is 19.1. The standard InChI is InChI=1S/C20H39NOSi2/c1-8-19(17-21(23(2,3)4)24(5,6)7)15-12-16-22-18-20-13-10-9-11-14-20/h9-11,13-14,19H,8,12,15-18H2,1-7H3. The van der Waals surface area contributed by atoms with Crippen LogP contribution in [0.15, 0.2) is 30.3 Å². The lowest BCUT2D eigenvalue weighted by Gasteiger charge is -2.45.